The number of benzene rings is 7. The number of rotatable bonds is 5. The van der Waals surface area contributed by atoms with E-state index in [2.05, 4.69) is 78.9 Å². The number of allylic oxidation sites excluding steroid dienone is 3. The average Bonchev–Trinajstić information content (AvgIpc) is 3.58. The minimum absolute atomic E-state index is 0.108. The summed E-state index contributed by atoms with van der Waals surface area (Å²) in [5.41, 5.74) is 13.1. The Hall–Kier alpha value is -4.95. The number of hydrogen-bond donors (Lipinski definition) is 0. The molecule has 2 nitrogen and oxygen atoms in total. The van der Waals surface area contributed by atoms with Crippen molar-refractivity contribution in [3.8, 4) is 0 Å². The normalized spacial score (nSPS) is 26.4. The van der Waals surface area contributed by atoms with Crippen LogP contribution in [0.5, 0.6) is 0 Å². The summed E-state index contributed by atoms with van der Waals surface area (Å²) in [6.07, 6.45) is 12.1. The zero-order valence-electron chi connectivity index (χ0n) is 25.4. The van der Waals surface area contributed by atoms with Gasteiger partial charge in [-0.3, -0.25) is 4.79 Å². The van der Waals surface area contributed by atoms with Crippen molar-refractivity contribution in [2.24, 2.45) is 5.41 Å². The third-order valence-electron chi connectivity index (χ3n) is 14.1. The molecule has 6 aliphatic rings. The number of methoxy groups -OCH3 is 1. The van der Waals surface area contributed by atoms with Crippen LogP contribution < -0.4 is 0 Å². The van der Waals surface area contributed by atoms with Gasteiger partial charge in [0.05, 0.1) is 7.11 Å². The SMILES string of the molecule is COC(=O)CCCC1(c2ccccc2)C23C=Cc4cc5c6c7c4C21c1c2c4c(cc8ccc9cc(c6c6c9c8c4c6c17)C5)CC2=C3. The van der Waals surface area contributed by atoms with Gasteiger partial charge in [0.2, 0.25) is 0 Å². The van der Waals surface area contributed by atoms with Gasteiger partial charge >= 0.3 is 5.97 Å². The molecule has 0 amide bonds. The van der Waals surface area contributed by atoms with Crippen molar-refractivity contribution in [3.63, 3.8) is 0 Å². The molecular weight excluding hydrogens is 560 g/mol. The first kappa shape index (κ1) is 22.5. The second-order valence-corrected chi connectivity index (χ2v) is 15.3. The standard InChI is InChI=1S/C44H26O2/c1-46-28(45)8-5-12-43(27-6-3-2-4-7-27)42-13-11-22-16-25-17-23-14-20-9-10-21-15-24-18-26(19-42)34-33(24)36-30(21)29(20)35-31(23)32(25)38-39(37(35)36)41(34)44(42,43)40(22)38/h2-4,6-7,9-11,13-16,19H,5,8,12,17-18H2,1H3. The summed E-state index contributed by atoms with van der Waals surface area (Å²) in [6, 6.07) is 23.8. The number of hydrogen-bond acceptors (Lipinski definition) is 2. The van der Waals surface area contributed by atoms with Crippen molar-refractivity contribution in [2.75, 3.05) is 7.11 Å². The fraction of sp³-hybridized carbons (Fsp3) is 0.205. The Kier molecular flexibility index (Phi) is 3.11. The maximum atomic E-state index is 12.6. The molecule has 3 atom stereocenters. The number of ether oxygens (including phenoxy) is 1. The minimum Gasteiger partial charge on any atom is -0.469 e. The molecule has 1 fully saturated rings. The van der Waals surface area contributed by atoms with Crippen molar-refractivity contribution in [1.82, 2.24) is 0 Å². The second-order valence-electron chi connectivity index (χ2n) is 15.3. The highest BCUT2D eigenvalue weighted by Crippen LogP contribution is 2.91. The topological polar surface area (TPSA) is 26.3 Å². The van der Waals surface area contributed by atoms with E-state index in [4.69, 9.17) is 4.74 Å². The second kappa shape index (κ2) is 6.35. The van der Waals surface area contributed by atoms with Crippen molar-refractivity contribution in [1.29, 1.82) is 0 Å². The molecule has 46 heavy (non-hydrogen) atoms. The smallest absolute Gasteiger partial charge is 0.305 e. The van der Waals surface area contributed by atoms with Crippen LogP contribution in [0.4, 0.5) is 0 Å². The Bertz CT molecular complexity index is 2940. The van der Waals surface area contributed by atoms with E-state index in [0.29, 0.717) is 6.42 Å². The van der Waals surface area contributed by atoms with Gasteiger partial charge in [-0.2, -0.15) is 0 Å². The van der Waals surface area contributed by atoms with Gasteiger partial charge in [0.25, 0.3) is 0 Å². The Morgan fingerprint density at radius 3 is 2.24 bits per heavy atom. The molecular formula is C44H26O2. The third-order valence-corrected chi connectivity index (χ3v) is 14.1. The number of carbonyl (C=O) groups is 1. The van der Waals surface area contributed by atoms with Gasteiger partial charge < -0.3 is 4.74 Å². The molecule has 3 unspecified atom stereocenters. The van der Waals surface area contributed by atoms with Crippen LogP contribution in [0, 0.1) is 5.41 Å². The van der Waals surface area contributed by atoms with Crippen LogP contribution in [0.25, 0.3) is 76.3 Å². The van der Waals surface area contributed by atoms with Gasteiger partial charge in [0.1, 0.15) is 0 Å². The lowest BCUT2D eigenvalue weighted by molar-refractivity contribution is -0.140. The van der Waals surface area contributed by atoms with Gasteiger partial charge in [0.15, 0.2) is 0 Å². The highest BCUT2D eigenvalue weighted by molar-refractivity contribution is 6.52. The molecule has 0 heterocycles. The van der Waals surface area contributed by atoms with Gasteiger partial charge in [0, 0.05) is 22.7 Å². The van der Waals surface area contributed by atoms with Crippen LogP contribution in [0.15, 0.2) is 72.8 Å². The van der Waals surface area contributed by atoms with Crippen LogP contribution in [0.3, 0.4) is 0 Å². The maximum Gasteiger partial charge on any atom is 0.305 e. The van der Waals surface area contributed by atoms with Crippen LogP contribution in [-0.2, 0) is 33.2 Å². The lowest BCUT2D eigenvalue weighted by atomic mass is 9.70. The van der Waals surface area contributed by atoms with Crippen LogP contribution in [0.2, 0.25) is 0 Å². The Morgan fingerprint density at radius 1 is 0.739 bits per heavy atom. The molecule has 1 saturated carbocycles. The molecule has 0 N–H and O–H groups in total. The summed E-state index contributed by atoms with van der Waals surface area (Å²) in [7, 11) is 1.52. The zero-order valence-corrected chi connectivity index (χ0v) is 25.4. The van der Waals surface area contributed by atoms with E-state index in [0.717, 1.165) is 25.7 Å². The molecule has 0 aliphatic heterocycles. The largest absolute Gasteiger partial charge is 0.469 e. The van der Waals surface area contributed by atoms with Gasteiger partial charge in [-0.25, -0.2) is 0 Å². The van der Waals surface area contributed by atoms with Gasteiger partial charge in [-0.15, -0.1) is 0 Å². The molecule has 8 aromatic rings. The van der Waals surface area contributed by atoms with Crippen LogP contribution in [-0.4, -0.2) is 13.1 Å². The molecule has 8 aromatic carbocycles. The highest BCUT2D eigenvalue weighted by Gasteiger charge is 2.89. The molecule has 0 aromatic heterocycles. The first-order valence-electron chi connectivity index (χ1n) is 17.0. The van der Waals surface area contributed by atoms with E-state index in [1.165, 1.54) is 62.0 Å². The molecule has 214 valence electrons. The Morgan fingerprint density at radius 2 is 1.43 bits per heavy atom. The Balaban J connectivity index is 1.27. The third kappa shape index (κ3) is 1.76. The van der Waals surface area contributed by atoms with E-state index in [1.807, 2.05) is 0 Å². The van der Waals surface area contributed by atoms with Crippen LogP contribution in [0.1, 0.15) is 63.8 Å². The van der Waals surface area contributed by atoms with Crippen molar-refractivity contribution >= 4 is 82.3 Å². The van der Waals surface area contributed by atoms with Crippen LogP contribution >= 0.6 is 0 Å². The quantitative estimate of drug-likeness (QED) is 0.148. The van der Waals surface area contributed by atoms with E-state index in [1.54, 1.807) is 59.8 Å². The molecule has 0 saturated heterocycles. The highest BCUT2D eigenvalue weighted by atomic mass is 16.5. The Labute approximate surface area is 263 Å². The summed E-state index contributed by atoms with van der Waals surface area (Å²) in [5.74, 6) is -0.108. The van der Waals surface area contributed by atoms with E-state index >= 15 is 0 Å². The predicted molar refractivity (Wildman–Crippen MR) is 186 cm³/mol. The number of esters is 1. The molecule has 1 spiro atoms. The fourth-order valence-corrected chi connectivity index (χ4v) is 13.1. The van der Waals surface area contributed by atoms with Crippen molar-refractivity contribution in [3.05, 3.63) is 117 Å². The summed E-state index contributed by atoms with van der Waals surface area (Å²) in [6.45, 7) is 0. The molecule has 0 bridgehead atoms. The molecule has 0 radical (unpaired) electrons. The zero-order chi connectivity index (χ0) is 29.6. The van der Waals surface area contributed by atoms with E-state index in [9.17, 15) is 4.79 Å². The maximum absolute atomic E-state index is 12.6. The van der Waals surface area contributed by atoms with Crippen molar-refractivity contribution < 1.29 is 9.53 Å². The fourth-order valence-electron chi connectivity index (χ4n) is 13.1. The summed E-state index contributed by atoms with van der Waals surface area (Å²) in [4.78, 5) is 12.6. The minimum atomic E-state index is -0.181. The lowest BCUT2D eigenvalue weighted by Gasteiger charge is -2.31. The molecule has 2 heteroatoms. The monoisotopic (exact) mass is 586 g/mol. The summed E-state index contributed by atoms with van der Waals surface area (Å²) < 4.78 is 5.17. The number of carbonyl (C=O) groups excluding carboxylic acids is 1. The van der Waals surface area contributed by atoms with E-state index in [-0.39, 0.29) is 22.2 Å². The average molecular weight is 587 g/mol. The molecule has 14 rings (SSSR count). The first-order chi connectivity index (χ1) is 22.6. The van der Waals surface area contributed by atoms with Gasteiger partial charge in [-0.05, 0) is 140 Å². The van der Waals surface area contributed by atoms with Gasteiger partial charge in [-0.1, -0.05) is 78.9 Å². The lowest BCUT2D eigenvalue weighted by Crippen LogP contribution is -2.25. The predicted octanol–water partition coefficient (Wildman–Crippen LogP) is 9.68. The molecule has 6 aliphatic carbocycles. The summed E-state index contributed by atoms with van der Waals surface area (Å²) in [5, 5.41) is 18.2. The van der Waals surface area contributed by atoms with Crippen molar-refractivity contribution in [2.45, 2.75) is 42.9 Å². The van der Waals surface area contributed by atoms with E-state index < -0.39 is 0 Å². The summed E-state index contributed by atoms with van der Waals surface area (Å²) >= 11 is 0. The first-order valence-corrected chi connectivity index (χ1v) is 17.0.